The summed E-state index contributed by atoms with van der Waals surface area (Å²) in [5.74, 6) is -0.791. The number of rotatable bonds is 6. The van der Waals surface area contributed by atoms with E-state index in [4.69, 9.17) is 15.0 Å². The predicted octanol–water partition coefficient (Wildman–Crippen LogP) is -0.620. The van der Waals surface area contributed by atoms with Gasteiger partial charge in [-0.3, -0.25) is 4.79 Å². The number of ether oxygens (including phenoxy) is 1. The van der Waals surface area contributed by atoms with Crippen molar-refractivity contribution < 1.29 is 28.4 Å². The second kappa shape index (κ2) is 6.08. The Morgan fingerprint density at radius 1 is 1.65 bits per heavy atom. The highest BCUT2D eigenvalue weighted by Crippen LogP contribution is 2.51. The van der Waals surface area contributed by atoms with Crippen LogP contribution in [0.25, 0.3) is 0 Å². The SMILES string of the molecule is CO[P+](O)(O)OCC1CCC(n2cnc(C(N)=O)n2)O1. The van der Waals surface area contributed by atoms with Gasteiger partial charge in [0.1, 0.15) is 12.9 Å². The van der Waals surface area contributed by atoms with E-state index in [1.165, 1.54) is 11.0 Å². The van der Waals surface area contributed by atoms with Crippen LogP contribution >= 0.6 is 8.17 Å². The summed E-state index contributed by atoms with van der Waals surface area (Å²) in [6.45, 7) is -0.0114. The van der Waals surface area contributed by atoms with Crippen molar-refractivity contribution in [3.05, 3.63) is 12.2 Å². The number of hydrogen-bond donors (Lipinski definition) is 3. The van der Waals surface area contributed by atoms with Crippen LogP contribution in [0.3, 0.4) is 0 Å². The fourth-order valence-corrected chi connectivity index (χ4v) is 2.23. The number of carbonyl (C=O) groups excluding carboxylic acids is 1. The van der Waals surface area contributed by atoms with Crippen LogP contribution in [0.5, 0.6) is 0 Å². The minimum atomic E-state index is -3.75. The monoisotopic (exact) mass is 307 g/mol. The first-order valence-electron chi connectivity index (χ1n) is 5.82. The quantitative estimate of drug-likeness (QED) is 0.590. The first-order valence-corrected chi connectivity index (χ1v) is 7.35. The first-order chi connectivity index (χ1) is 9.41. The molecule has 1 aromatic rings. The number of carbonyl (C=O) groups is 1. The molecule has 1 saturated heterocycles. The maximum Gasteiger partial charge on any atom is 0.569 e. The molecule has 0 spiro atoms. The normalized spacial score (nSPS) is 23.1. The average Bonchev–Trinajstić information content (AvgIpc) is 3.05. The molecular weight excluding hydrogens is 291 g/mol. The molecule has 1 aliphatic rings. The lowest BCUT2D eigenvalue weighted by Crippen LogP contribution is -2.18. The van der Waals surface area contributed by atoms with Gasteiger partial charge in [-0.1, -0.05) is 0 Å². The number of hydrogen-bond acceptors (Lipinski definition) is 8. The van der Waals surface area contributed by atoms with E-state index < -0.39 is 20.3 Å². The Morgan fingerprint density at radius 3 is 3.00 bits per heavy atom. The first kappa shape index (κ1) is 15.2. The zero-order valence-corrected chi connectivity index (χ0v) is 11.6. The summed E-state index contributed by atoms with van der Waals surface area (Å²) in [7, 11) is -2.61. The lowest BCUT2D eigenvalue weighted by Gasteiger charge is -2.13. The number of amides is 1. The van der Waals surface area contributed by atoms with Crippen molar-refractivity contribution in [2.24, 2.45) is 5.73 Å². The number of nitrogens with zero attached hydrogens (tertiary/aromatic N) is 3. The molecule has 1 aliphatic heterocycles. The van der Waals surface area contributed by atoms with Crippen LogP contribution in [0.4, 0.5) is 0 Å². The molecule has 0 aliphatic carbocycles. The molecule has 0 saturated carbocycles. The Bertz CT molecular complexity index is 481. The molecule has 10 nitrogen and oxygen atoms in total. The zero-order valence-electron chi connectivity index (χ0n) is 10.7. The van der Waals surface area contributed by atoms with E-state index in [-0.39, 0.29) is 18.5 Å². The van der Waals surface area contributed by atoms with Gasteiger partial charge < -0.3 is 10.5 Å². The predicted molar refractivity (Wildman–Crippen MR) is 66.0 cm³/mol. The Balaban J connectivity index is 1.87. The van der Waals surface area contributed by atoms with Gasteiger partial charge in [0, 0.05) is 0 Å². The maximum atomic E-state index is 10.9. The molecule has 2 unspecified atom stereocenters. The van der Waals surface area contributed by atoms with Crippen molar-refractivity contribution in [2.75, 3.05) is 13.7 Å². The lowest BCUT2D eigenvalue weighted by molar-refractivity contribution is -0.0317. The molecule has 1 amide bonds. The van der Waals surface area contributed by atoms with Crippen LogP contribution in [-0.2, 0) is 13.8 Å². The van der Waals surface area contributed by atoms with Crippen molar-refractivity contribution in [3.63, 3.8) is 0 Å². The molecule has 0 aromatic carbocycles. The second-order valence-corrected chi connectivity index (χ2v) is 5.78. The molecule has 1 aromatic heterocycles. The van der Waals surface area contributed by atoms with E-state index in [9.17, 15) is 14.6 Å². The third-order valence-corrected chi connectivity index (χ3v) is 3.74. The summed E-state index contributed by atoms with van der Waals surface area (Å²) in [6.07, 6.45) is 1.91. The lowest BCUT2D eigenvalue weighted by atomic mass is 10.2. The van der Waals surface area contributed by atoms with E-state index in [1.54, 1.807) is 0 Å². The van der Waals surface area contributed by atoms with Crippen LogP contribution < -0.4 is 5.73 Å². The highest BCUT2D eigenvalue weighted by molar-refractivity contribution is 7.54. The summed E-state index contributed by atoms with van der Waals surface area (Å²) < 4.78 is 16.3. The molecule has 0 bridgehead atoms. The van der Waals surface area contributed by atoms with E-state index >= 15 is 0 Å². The Kier molecular flexibility index (Phi) is 4.63. The van der Waals surface area contributed by atoms with Crippen LogP contribution in [-0.4, -0.2) is 50.3 Å². The van der Waals surface area contributed by atoms with Gasteiger partial charge in [0.2, 0.25) is 5.82 Å². The van der Waals surface area contributed by atoms with Crippen LogP contribution in [0.2, 0.25) is 0 Å². The van der Waals surface area contributed by atoms with E-state index in [2.05, 4.69) is 14.6 Å². The smallest absolute Gasteiger partial charge is 0.363 e. The number of aromatic nitrogens is 3. The van der Waals surface area contributed by atoms with Gasteiger partial charge in [0.25, 0.3) is 5.91 Å². The maximum absolute atomic E-state index is 10.9. The van der Waals surface area contributed by atoms with E-state index in [1.807, 2.05) is 0 Å². The van der Waals surface area contributed by atoms with E-state index in [0.29, 0.717) is 12.8 Å². The number of nitrogens with two attached hydrogens (primary N) is 1. The molecule has 1 fully saturated rings. The molecule has 11 heteroatoms. The van der Waals surface area contributed by atoms with Gasteiger partial charge in [-0.25, -0.2) is 9.67 Å². The number of primary amides is 1. The summed E-state index contributed by atoms with van der Waals surface area (Å²) in [5, 5.41) is 3.90. The molecule has 2 heterocycles. The largest absolute Gasteiger partial charge is 0.569 e. The molecule has 20 heavy (non-hydrogen) atoms. The Morgan fingerprint density at radius 2 is 2.40 bits per heavy atom. The van der Waals surface area contributed by atoms with Crippen molar-refractivity contribution in [1.29, 1.82) is 0 Å². The van der Waals surface area contributed by atoms with Gasteiger partial charge in [-0.05, 0) is 12.8 Å². The summed E-state index contributed by atoms with van der Waals surface area (Å²) in [6, 6.07) is 0. The van der Waals surface area contributed by atoms with Gasteiger partial charge in [-0.2, -0.15) is 18.8 Å². The van der Waals surface area contributed by atoms with Crippen molar-refractivity contribution in [2.45, 2.75) is 25.2 Å². The molecule has 2 atom stereocenters. The molecule has 4 N–H and O–H groups in total. The minimum absolute atomic E-state index is 0.0114. The standard InChI is InChI=1S/C9H15N4O6P/c1-17-20(15,16)18-4-6-2-3-7(19-6)13-5-11-9(12-13)8(10)14/h5-7,15-16H,2-4H2,1H3,(H-,10,14)/p+1. The van der Waals surface area contributed by atoms with Gasteiger partial charge >= 0.3 is 8.17 Å². The summed E-state index contributed by atoms with van der Waals surface area (Å²) in [5.41, 5.74) is 5.06. The Labute approximate surface area is 115 Å². The van der Waals surface area contributed by atoms with Crippen LogP contribution in [0.1, 0.15) is 29.7 Å². The molecular formula is C9H16N4O6P+. The van der Waals surface area contributed by atoms with Crippen molar-refractivity contribution >= 4 is 14.1 Å². The van der Waals surface area contributed by atoms with Gasteiger partial charge in [-0.15, -0.1) is 5.10 Å². The molecule has 112 valence electrons. The van der Waals surface area contributed by atoms with Gasteiger partial charge in [0.15, 0.2) is 6.23 Å². The fourth-order valence-electron chi connectivity index (χ4n) is 1.76. The highest BCUT2D eigenvalue weighted by atomic mass is 31.2. The van der Waals surface area contributed by atoms with Gasteiger partial charge in [0.05, 0.1) is 13.2 Å². The fraction of sp³-hybridized carbons (Fsp3) is 0.667. The van der Waals surface area contributed by atoms with E-state index in [0.717, 1.165) is 7.11 Å². The second-order valence-electron chi connectivity index (χ2n) is 4.17. The topological polar surface area (TPSA) is 142 Å². The third-order valence-electron chi connectivity index (χ3n) is 2.78. The highest BCUT2D eigenvalue weighted by Gasteiger charge is 2.40. The zero-order chi connectivity index (χ0) is 14.8. The van der Waals surface area contributed by atoms with Crippen LogP contribution in [0, 0.1) is 0 Å². The van der Waals surface area contributed by atoms with Crippen molar-refractivity contribution in [1.82, 2.24) is 14.8 Å². The molecule has 2 rings (SSSR count). The molecule has 0 radical (unpaired) electrons. The minimum Gasteiger partial charge on any atom is -0.363 e. The average molecular weight is 307 g/mol. The third kappa shape index (κ3) is 3.69. The summed E-state index contributed by atoms with van der Waals surface area (Å²) in [4.78, 5) is 33.1. The van der Waals surface area contributed by atoms with Crippen molar-refractivity contribution in [3.8, 4) is 0 Å². The Hall–Kier alpha value is -1.16. The summed E-state index contributed by atoms with van der Waals surface area (Å²) >= 11 is 0. The van der Waals surface area contributed by atoms with Crippen LogP contribution in [0.15, 0.2) is 6.33 Å².